The van der Waals surface area contributed by atoms with Crippen molar-refractivity contribution < 1.29 is 0 Å². The number of aromatic amines is 1. The molecule has 4 nitrogen and oxygen atoms in total. The van der Waals surface area contributed by atoms with Crippen LogP contribution < -0.4 is 0 Å². The Balaban J connectivity index is 2.41. The largest absolute Gasteiger partial charge is 0.343 e. The summed E-state index contributed by atoms with van der Waals surface area (Å²) in [6, 6.07) is 1.87. The van der Waals surface area contributed by atoms with Crippen LogP contribution >= 0.6 is 12.2 Å². The Hall–Kier alpha value is -1.49. The number of rotatable bonds is 2. The van der Waals surface area contributed by atoms with E-state index >= 15 is 0 Å². The Morgan fingerprint density at radius 2 is 2.11 bits per heavy atom. The average molecular weight is 262 g/mol. The molecule has 0 atom stereocenters. The number of nitrogens with zero attached hydrogens (tertiary/aromatic N) is 3. The Bertz CT molecular complexity index is 604. The molecule has 0 amide bonds. The third-order valence-electron chi connectivity index (χ3n) is 2.51. The highest BCUT2D eigenvalue weighted by atomic mass is 32.1. The molecule has 2 heterocycles. The molecule has 0 aliphatic heterocycles. The SMILES string of the molecule is Cn1cc(-c2cc(=S)nc(CC(C)(C)C)[nH]2)cn1. The van der Waals surface area contributed by atoms with Crippen LogP contribution in [0.1, 0.15) is 26.6 Å². The lowest BCUT2D eigenvalue weighted by Crippen LogP contribution is -2.12. The second kappa shape index (κ2) is 4.65. The predicted octanol–water partition coefficient (Wildman–Crippen LogP) is 3.13. The summed E-state index contributed by atoms with van der Waals surface area (Å²) in [4.78, 5) is 7.72. The van der Waals surface area contributed by atoms with E-state index in [2.05, 4.69) is 35.8 Å². The predicted molar refractivity (Wildman–Crippen MR) is 74.8 cm³/mol. The van der Waals surface area contributed by atoms with Crippen molar-refractivity contribution in [3.05, 3.63) is 28.9 Å². The highest BCUT2D eigenvalue weighted by Gasteiger charge is 2.13. The summed E-state index contributed by atoms with van der Waals surface area (Å²) < 4.78 is 2.39. The molecule has 0 unspecified atom stereocenters. The normalized spacial score (nSPS) is 11.8. The van der Waals surface area contributed by atoms with Crippen LogP contribution in [0, 0.1) is 10.1 Å². The molecule has 0 aromatic carbocycles. The van der Waals surface area contributed by atoms with Gasteiger partial charge < -0.3 is 4.98 Å². The van der Waals surface area contributed by atoms with Gasteiger partial charge in [0.05, 0.1) is 11.9 Å². The molecule has 96 valence electrons. The van der Waals surface area contributed by atoms with Gasteiger partial charge >= 0.3 is 0 Å². The van der Waals surface area contributed by atoms with Gasteiger partial charge in [0.1, 0.15) is 10.5 Å². The maximum atomic E-state index is 5.22. The van der Waals surface area contributed by atoms with Crippen molar-refractivity contribution in [1.29, 1.82) is 0 Å². The van der Waals surface area contributed by atoms with Gasteiger partial charge in [0.2, 0.25) is 0 Å². The summed E-state index contributed by atoms with van der Waals surface area (Å²) >= 11 is 5.22. The van der Waals surface area contributed by atoms with Gasteiger partial charge in [-0.1, -0.05) is 33.0 Å². The van der Waals surface area contributed by atoms with Crippen LogP contribution in [0.2, 0.25) is 0 Å². The molecular weight excluding hydrogens is 244 g/mol. The molecule has 0 saturated carbocycles. The third-order valence-corrected chi connectivity index (χ3v) is 2.71. The maximum absolute atomic E-state index is 5.22. The summed E-state index contributed by atoms with van der Waals surface area (Å²) in [5.74, 6) is 0.925. The van der Waals surface area contributed by atoms with Crippen LogP contribution in [0.5, 0.6) is 0 Å². The molecule has 5 heteroatoms. The molecule has 2 aromatic rings. The first-order valence-corrected chi connectivity index (χ1v) is 6.34. The molecule has 2 rings (SSSR count). The number of H-pyrrole nitrogens is 1. The van der Waals surface area contributed by atoms with Gasteiger partial charge in [-0.3, -0.25) is 4.68 Å². The highest BCUT2D eigenvalue weighted by molar-refractivity contribution is 7.71. The second-order valence-corrected chi connectivity index (χ2v) is 6.14. The minimum Gasteiger partial charge on any atom is -0.343 e. The number of aromatic nitrogens is 4. The van der Waals surface area contributed by atoms with Gasteiger partial charge in [-0.2, -0.15) is 5.10 Å². The molecule has 18 heavy (non-hydrogen) atoms. The zero-order valence-electron chi connectivity index (χ0n) is 11.2. The lowest BCUT2D eigenvalue weighted by atomic mass is 9.92. The first kappa shape index (κ1) is 13.0. The summed E-state index contributed by atoms with van der Waals surface area (Å²) in [5, 5.41) is 4.17. The summed E-state index contributed by atoms with van der Waals surface area (Å²) in [6.07, 6.45) is 4.65. The van der Waals surface area contributed by atoms with Crippen LogP contribution in [0.3, 0.4) is 0 Å². The van der Waals surface area contributed by atoms with Gasteiger partial charge in [0.15, 0.2) is 0 Å². The lowest BCUT2D eigenvalue weighted by molar-refractivity contribution is 0.400. The molecule has 0 spiro atoms. The summed E-state index contributed by atoms with van der Waals surface area (Å²) in [6.45, 7) is 6.55. The number of nitrogens with one attached hydrogen (secondary N) is 1. The minimum atomic E-state index is 0.179. The molecule has 1 N–H and O–H groups in total. The van der Waals surface area contributed by atoms with Crippen molar-refractivity contribution in [3.8, 4) is 11.3 Å². The van der Waals surface area contributed by atoms with E-state index in [0.29, 0.717) is 4.64 Å². The van der Waals surface area contributed by atoms with Crippen LogP contribution in [0.25, 0.3) is 11.3 Å². The second-order valence-electron chi connectivity index (χ2n) is 5.72. The topological polar surface area (TPSA) is 46.5 Å². The molecule has 0 fully saturated rings. The Morgan fingerprint density at radius 1 is 1.39 bits per heavy atom. The van der Waals surface area contributed by atoms with Gasteiger partial charge in [-0.25, -0.2) is 4.98 Å². The first-order chi connectivity index (χ1) is 8.33. The highest BCUT2D eigenvalue weighted by Crippen LogP contribution is 2.21. The fourth-order valence-corrected chi connectivity index (χ4v) is 2.04. The van der Waals surface area contributed by atoms with E-state index in [1.54, 1.807) is 4.68 Å². The van der Waals surface area contributed by atoms with Crippen molar-refractivity contribution >= 4 is 12.2 Å². The van der Waals surface area contributed by atoms with E-state index in [4.69, 9.17) is 12.2 Å². The van der Waals surface area contributed by atoms with Crippen LogP contribution in [-0.4, -0.2) is 19.7 Å². The van der Waals surface area contributed by atoms with E-state index in [9.17, 15) is 0 Å². The van der Waals surface area contributed by atoms with Crippen LogP contribution in [0.15, 0.2) is 18.5 Å². The van der Waals surface area contributed by atoms with Gasteiger partial charge in [0, 0.05) is 25.2 Å². The molecule has 2 aromatic heterocycles. The first-order valence-electron chi connectivity index (χ1n) is 5.93. The standard InChI is InChI=1S/C13H18N4S/c1-13(2,3)6-11-15-10(5-12(18)16-11)9-7-14-17(4)8-9/h5,7-8H,6H2,1-4H3,(H,15,16,18). The maximum Gasteiger partial charge on any atom is 0.130 e. The van der Waals surface area contributed by atoms with Crippen molar-refractivity contribution in [2.45, 2.75) is 27.2 Å². The smallest absolute Gasteiger partial charge is 0.130 e. The van der Waals surface area contributed by atoms with Gasteiger partial charge in [-0.05, 0) is 11.5 Å². The Morgan fingerprint density at radius 3 is 2.67 bits per heavy atom. The van der Waals surface area contributed by atoms with Gasteiger partial charge in [0.25, 0.3) is 0 Å². The average Bonchev–Trinajstić information content (AvgIpc) is 2.61. The molecule has 0 aliphatic carbocycles. The van der Waals surface area contributed by atoms with Crippen molar-refractivity contribution in [2.24, 2.45) is 12.5 Å². The lowest BCUT2D eigenvalue weighted by Gasteiger charge is -2.17. The Labute approximate surface area is 112 Å². The number of hydrogen-bond acceptors (Lipinski definition) is 3. The van der Waals surface area contributed by atoms with Crippen molar-refractivity contribution in [3.63, 3.8) is 0 Å². The fraction of sp³-hybridized carbons (Fsp3) is 0.462. The molecule has 0 saturated heterocycles. The van der Waals surface area contributed by atoms with E-state index in [1.165, 1.54) is 0 Å². The third kappa shape index (κ3) is 3.26. The van der Waals surface area contributed by atoms with Crippen molar-refractivity contribution in [1.82, 2.24) is 19.7 Å². The molecule has 0 aliphatic rings. The molecular formula is C13H18N4S. The van der Waals surface area contributed by atoms with Crippen LogP contribution in [-0.2, 0) is 13.5 Å². The molecule has 0 bridgehead atoms. The van der Waals surface area contributed by atoms with E-state index in [0.717, 1.165) is 23.5 Å². The quantitative estimate of drug-likeness (QED) is 0.846. The number of hydrogen-bond donors (Lipinski definition) is 1. The fourth-order valence-electron chi connectivity index (χ4n) is 1.81. The van der Waals surface area contributed by atoms with E-state index in [-0.39, 0.29) is 5.41 Å². The van der Waals surface area contributed by atoms with E-state index < -0.39 is 0 Å². The van der Waals surface area contributed by atoms with E-state index in [1.807, 2.05) is 25.5 Å². The zero-order valence-corrected chi connectivity index (χ0v) is 12.0. The van der Waals surface area contributed by atoms with Crippen LogP contribution in [0.4, 0.5) is 0 Å². The molecule has 0 radical (unpaired) electrons. The summed E-state index contributed by atoms with van der Waals surface area (Å²) in [5.41, 5.74) is 2.18. The monoisotopic (exact) mass is 262 g/mol. The Kier molecular flexibility index (Phi) is 3.34. The van der Waals surface area contributed by atoms with Gasteiger partial charge in [-0.15, -0.1) is 0 Å². The number of aryl methyl sites for hydroxylation is 1. The summed E-state index contributed by atoms with van der Waals surface area (Å²) in [7, 11) is 1.90. The van der Waals surface area contributed by atoms with Crippen molar-refractivity contribution in [2.75, 3.05) is 0 Å². The zero-order chi connectivity index (χ0) is 13.3. The minimum absolute atomic E-state index is 0.179.